The molecule has 0 radical (unpaired) electrons. The van der Waals surface area contributed by atoms with Crippen LogP contribution in [0.25, 0.3) is 10.9 Å². The second kappa shape index (κ2) is 9.67. The molecule has 0 saturated carbocycles. The molecule has 0 bridgehead atoms. The lowest BCUT2D eigenvalue weighted by molar-refractivity contribution is 0.242. The predicted octanol–water partition coefficient (Wildman–Crippen LogP) is 3.37. The van der Waals surface area contributed by atoms with Gasteiger partial charge in [0, 0.05) is 50.0 Å². The highest BCUT2D eigenvalue weighted by molar-refractivity contribution is 5.80. The van der Waals surface area contributed by atoms with E-state index in [1.807, 2.05) is 54.6 Å². The van der Waals surface area contributed by atoms with Gasteiger partial charge in [0.1, 0.15) is 11.3 Å². The lowest BCUT2D eigenvalue weighted by Gasteiger charge is -2.15. The van der Waals surface area contributed by atoms with E-state index in [0.29, 0.717) is 30.8 Å². The molecule has 1 aromatic carbocycles. The average molecular weight is 412 g/mol. The van der Waals surface area contributed by atoms with Crippen LogP contribution < -0.4 is 16.1 Å². The van der Waals surface area contributed by atoms with Crippen LogP contribution in [0.3, 0.4) is 0 Å². The topological polar surface area (TPSA) is 84.2 Å². The summed E-state index contributed by atoms with van der Waals surface area (Å²) in [5, 5.41) is 7.39. The SMILES string of the molecule is CN=c1cccc(NCc2cccnc2)n1C(=O)NCCc1ccc2ccccc2n1. The number of benzene rings is 1. The summed E-state index contributed by atoms with van der Waals surface area (Å²) in [5.41, 5.74) is 3.48. The van der Waals surface area contributed by atoms with E-state index < -0.39 is 0 Å². The minimum atomic E-state index is -0.240. The van der Waals surface area contributed by atoms with Gasteiger partial charge in [-0.05, 0) is 35.9 Å². The number of nitrogens with one attached hydrogen (secondary N) is 2. The van der Waals surface area contributed by atoms with Gasteiger partial charge in [0.15, 0.2) is 0 Å². The molecule has 3 aromatic heterocycles. The summed E-state index contributed by atoms with van der Waals surface area (Å²) in [5.74, 6) is 0.660. The fourth-order valence-electron chi connectivity index (χ4n) is 3.34. The third-order valence-corrected chi connectivity index (χ3v) is 4.91. The zero-order chi connectivity index (χ0) is 21.5. The lowest BCUT2D eigenvalue weighted by Crippen LogP contribution is -2.38. The van der Waals surface area contributed by atoms with E-state index in [0.717, 1.165) is 22.2 Å². The smallest absolute Gasteiger partial charge is 0.328 e. The van der Waals surface area contributed by atoms with E-state index in [-0.39, 0.29) is 6.03 Å². The van der Waals surface area contributed by atoms with Gasteiger partial charge in [0.05, 0.1) is 5.52 Å². The molecule has 0 spiro atoms. The Morgan fingerprint density at radius 1 is 1.03 bits per heavy atom. The van der Waals surface area contributed by atoms with Crippen molar-refractivity contribution in [3.8, 4) is 0 Å². The molecule has 0 saturated heterocycles. The Hall–Kier alpha value is -4.00. The maximum absolute atomic E-state index is 13.0. The first kappa shape index (κ1) is 20.3. The highest BCUT2D eigenvalue weighted by Crippen LogP contribution is 2.12. The van der Waals surface area contributed by atoms with Gasteiger partial charge < -0.3 is 10.6 Å². The highest BCUT2D eigenvalue weighted by atomic mass is 16.2. The van der Waals surface area contributed by atoms with E-state index in [9.17, 15) is 4.79 Å². The van der Waals surface area contributed by atoms with Crippen LogP contribution in [0.15, 0.2) is 84.1 Å². The van der Waals surface area contributed by atoms with E-state index in [1.165, 1.54) is 0 Å². The Kier molecular flexibility index (Phi) is 6.32. The van der Waals surface area contributed by atoms with Gasteiger partial charge in [0.25, 0.3) is 0 Å². The third-order valence-electron chi connectivity index (χ3n) is 4.91. The van der Waals surface area contributed by atoms with Crippen molar-refractivity contribution < 1.29 is 4.79 Å². The average Bonchev–Trinajstić information content (AvgIpc) is 2.83. The molecule has 31 heavy (non-hydrogen) atoms. The number of anilines is 1. The van der Waals surface area contributed by atoms with Crippen LogP contribution in [-0.4, -0.2) is 34.2 Å². The van der Waals surface area contributed by atoms with Crippen molar-refractivity contribution in [2.24, 2.45) is 4.99 Å². The summed E-state index contributed by atoms with van der Waals surface area (Å²) in [6.07, 6.45) is 4.17. The standard InChI is InChI=1S/C24H24N6O/c1-25-22-9-4-10-23(28-17-18-6-5-14-26-16-18)30(22)24(31)27-15-13-20-12-11-19-7-2-3-8-21(19)29-20/h2-12,14,16,28H,13,15,17H2,1H3,(H,27,31). The number of fused-ring (bicyclic) bond motifs is 1. The van der Waals surface area contributed by atoms with E-state index in [1.54, 1.807) is 30.1 Å². The molecule has 0 unspecified atom stereocenters. The number of hydrogen-bond acceptors (Lipinski definition) is 5. The number of pyridine rings is 3. The monoisotopic (exact) mass is 412 g/mol. The van der Waals surface area contributed by atoms with Gasteiger partial charge >= 0.3 is 6.03 Å². The van der Waals surface area contributed by atoms with E-state index in [2.05, 4.69) is 31.7 Å². The van der Waals surface area contributed by atoms with Gasteiger partial charge in [-0.25, -0.2) is 9.36 Å². The Morgan fingerprint density at radius 2 is 1.94 bits per heavy atom. The Morgan fingerprint density at radius 3 is 2.77 bits per heavy atom. The first-order chi connectivity index (χ1) is 15.2. The van der Waals surface area contributed by atoms with E-state index in [4.69, 9.17) is 0 Å². The summed E-state index contributed by atoms with van der Waals surface area (Å²) in [6.45, 7) is 1.02. The molecular weight excluding hydrogens is 388 g/mol. The van der Waals surface area contributed by atoms with Crippen LogP contribution in [-0.2, 0) is 13.0 Å². The lowest BCUT2D eigenvalue weighted by atomic mass is 10.2. The molecule has 7 heteroatoms. The number of aromatic nitrogens is 3. The Labute approximate surface area is 180 Å². The van der Waals surface area contributed by atoms with Crippen LogP contribution in [0.1, 0.15) is 11.3 Å². The molecule has 156 valence electrons. The summed E-state index contributed by atoms with van der Waals surface area (Å²) in [6, 6.07) is 21.2. The normalized spacial score (nSPS) is 11.5. The van der Waals surface area contributed by atoms with Crippen LogP contribution in [0.5, 0.6) is 0 Å². The molecule has 4 rings (SSSR count). The molecule has 7 nitrogen and oxygen atoms in total. The Bertz CT molecular complexity index is 1250. The minimum absolute atomic E-state index is 0.240. The molecule has 3 heterocycles. The van der Waals surface area contributed by atoms with Crippen LogP contribution in [0.4, 0.5) is 10.6 Å². The first-order valence-corrected chi connectivity index (χ1v) is 10.1. The van der Waals surface area contributed by atoms with Crippen molar-refractivity contribution in [1.82, 2.24) is 19.9 Å². The summed E-state index contributed by atoms with van der Waals surface area (Å²) in [4.78, 5) is 26.0. The summed E-state index contributed by atoms with van der Waals surface area (Å²) in [7, 11) is 1.67. The molecule has 0 aliphatic carbocycles. The molecule has 0 fully saturated rings. The quantitative estimate of drug-likeness (QED) is 0.509. The maximum atomic E-state index is 13.0. The van der Waals surface area contributed by atoms with Crippen molar-refractivity contribution in [2.45, 2.75) is 13.0 Å². The number of nitrogens with zero attached hydrogens (tertiary/aromatic N) is 4. The van der Waals surface area contributed by atoms with Gasteiger partial charge in [-0.3, -0.25) is 15.0 Å². The van der Waals surface area contributed by atoms with Crippen molar-refractivity contribution in [3.05, 3.63) is 95.9 Å². The van der Waals surface area contributed by atoms with Gasteiger partial charge in [0.2, 0.25) is 0 Å². The summed E-state index contributed by atoms with van der Waals surface area (Å²) >= 11 is 0. The highest BCUT2D eigenvalue weighted by Gasteiger charge is 2.10. The van der Waals surface area contributed by atoms with Crippen LogP contribution in [0.2, 0.25) is 0 Å². The second-order valence-corrected chi connectivity index (χ2v) is 7.02. The van der Waals surface area contributed by atoms with Gasteiger partial charge in [-0.2, -0.15) is 0 Å². The van der Waals surface area contributed by atoms with Gasteiger partial charge in [-0.1, -0.05) is 36.4 Å². The maximum Gasteiger partial charge on any atom is 0.328 e. The molecule has 4 aromatic rings. The summed E-state index contributed by atoms with van der Waals surface area (Å²) < 4.78 is 1.55. The fraction of sp³-hybridized carbons (Fsp3) is 0.167. The van der Waals surface area contributed by atoms with Crippen molar-refractivity contribution >= 4 is 22.8 Å². The second-order valence-electron chi connectivity index (χ2n) is 7.02. The van der Waals surface area contributed by atoms with Crippen molar-refractivity contribution in [2.75, 3.05) is 18.9 Å². The largest absolute Gasteiger partial charge is 0.367 e. The van der Waals surface area contributed by atoms with Crippen molar-refractivity contribution in [3.63, 3.8) is 0 Å². The zero-order valence-electron chi connectivity index (χ0n) is 17.3. The number of rotatable bonds is 6. The van der Waals surface area contributed by atoms with Crippen LogP contribution >= 0.6 is 0 Å². The number of carbonyl (C=O) groups is 1. The zero-order valence-corrected chi connectivity index (χ0v) is 17.3. The van der Waals surface area contributed by atoms with Gasteiger partial charge in [-0.15, -0.1) is 0 Å². The molecule has 0 aliphatic heterocycles. The molecule has 2 N–H and O–H groups in total. The van der Waals surface area contributed by atoms with Crippen LogP contribution in [0, 0.1) is 0 Å². The number of amides is 1. The number of carbonyl (C=O) groups excluding carboxylic acids is 1. The number of para-hydroxylation sites is 1. The predicted molar refractivity (Wildman–Crippen MR) is 122 cm³/mol. The molecule has 1 amide bonds. The van der Waals surface area contributed by atoms with E-state index >= 15 is 0 Å². The first-order valence-electron chi connectivity index (χ1n) is 10.1. The minimum Gasteiger partial charge on any atom is -0.367 e. The molecule has 0 aliphatic rings. The fourth-order valence-corrected chi connectivity index (χ4v) is 3.34. The molecular formula is C24H24N6O. The Balaban J connectivity index is 1.45. The third kappa shape index (κ3) is 4.95. The molecule has 0 atom stereocenters. The number of hydrogen-bond donors (Lipinski definition) is 2. The van der Waals surface area contributed by atoms with Crippen molar-refractivity contribution in [1.29, 1.82) is 0 Å².